The number of aliphatic carboxylic acids is 1. The lowest BCUT2D eigenvalue weighted by Gasteiger charge is -2.25. The van der Waals surface area contributed by atoms with E-state index in [1.165, 1.54) is 13.8 Å². The Labute approximate surface area is 204 Å². The minimum atomic E-state index is -1.49. The quantitative estimate of drug-likeness (QED) is 0.458. The lowest BCUT2D eigenvalue weighted by atomic mass is 9.98. The average Bonchev–Trinajstić information content (AvgIpc) is 3.16. The standard InChI is InChI=1S/C28H28N2O5/c1-28(2,26(32)33)30-25(31)24(16-18-10-4-3-5-11-18)29-27(34)35-17-23-21-14-8-6-12-19(21)20-13-7-9-15-22(20)23/h3-15,23-24H,16-17H2,1-2H3,(H,29,34)(H,30,31)(H,32,33)/t24-/m1/s1. The van der Waals surface area contributed by atoms with E-state index in [2.05, 4.69) is 22.8 Å². The van der Waals surface area contributed by atoms with Crippen LogP contribution in [0, 0.1) is 0 Å². The Morgan fingerprint density at radius 3 is 2.00 bits per heavy atom. The molecule has 1 aliphatic carbocycles. The Morgan fingerprint density at radius 2 is 1.43 bits per heavy atom. The predicted octanol–water partition coefficient (Wildman–Crippen LogP) is 4.12. The van der Waals surface area contributed by atoms with Crippen molar-refractivity contribution in [2.75, 3.05) is 6.61 Å². The van der Waals surface area contributed by atoms with Crippen molar-refractivity contribution in [1.29, 1.82) is 0 Å². The number of hydrogen-bond acceptors (Lipinski definition) is 4. The van der Waals surface area contributed by atoms with Gasteiger partial charge in [-0.15, -0.1) is 0 Å². The van der Waals surface area contributed by atoms with Gasteiger partial charge in [0, 0.05) is 12.3 Å². The van der Waals surface area contributed by atoms with Crippen LogP contribution in [0.3, 0.4) is 0 Å². The van der Waals surface area contributed by atoms with Crippen LogP contribution in [0.1, 0.15) is 36.5 Å². The molecule has 7 heteroatoms. The highest BCUT2D eigenvalue weighted by molar-refractivity contribution is 5.91. The number of fused-ring (bicyclic) bond motifs is 3. The van der Waals surface area contributed by atoms with Gasteiger partial charge in [0.15, 0.2) is 0 Å². The Bertz CT molecular complexity index is 1190. The first-order valence-electron chi connectivity index (χ1n) is 11.5. The molecule has 0 saturated carbocycles. The molecule has 3 N–H and O–H groups in total. The summed E-state index contributed by atoms with van der Waals surface area (Å²) in [5, 5.41) is 14.5. The van der Waals surface area contributed by atoms with Gasteiger partial charge in [-0.25, -0.2) is 9.59 Å². The minimum absolute atomic E-state index is 0.111. The largest absolute Gasteiger partial charge is 0.480 e. The summed E-state index contributed by atoms with van der Waals surface area (Å²) in [6.45, 7) is 2.89. The summed E-state index contributed by atoms with van der Waals surface area (Å²) in [6.07, 6.45) is -0.553. The summed E-state index contributed by atoms with van der Waals surface area (Å²) in [5.74, 6) is -1.89. The molecule has 0 fully saturated rings. The fourth-order valence-electron chi connectivity index (χ4n) is 4.29. The van der Waals surface area contributed by atoms with E-state index in [1.807, 2.05) is 66.7 Å². The maximum Gasteiger partial charge on any atom is 0.407 e. The van der Waals surface area contributed by atoms with Crippen molar-refractivity contribution in [3.63, 3.8) is 0 Å². The molecule has 0 radical (unpaired) electrons. The minimum Gasteiger partial charge on any atom is -0.480 e. The second kappa shape index (κ2) is 10.0. The number of rotatable bonds is 8. The molecule has 180 valence electrons. The summed E-state index contributed by atoms with van der Waals surface area (Å²) in [4.78, 5) is 37.2. The highest BCUT2D eigenvalue weighted by Crippen LogP contribution is 2.44. The van der Waals surface area contributed by atoms with E-state index in [0.717, 1.165) is 27.8 Å². The molecule has 0 spiro atoms. The number of hydrogen-bond donors (Lipinski definition) is 3. The molecule has 2 amide bonds. The zero-order valence-corrected chi connectivity index (χ0v) is 19.7. The number of alkyl carbamates (subject to hydrolysis) is 1. The Balaban J connectivity index is 1.47. The number of carboxylic acid groups (broad SMARTS) is 1. The van der Waals surface area contributed by atoms with Crippen LogP contribution in [0.25, 0.3) is 11.1 Å². The lowest BCUT2D eigenvalue weighted by molar-refractivity contribution is -0.146. The summed E-state index contributed by atoms with van der Waals surface area (Å²) >= 11 is 0. The van der Waals surface area contributed by atoms with Gasteiger partial charge in [0.1, 0.15) is 18.2 Å². The number of nitrogens with one attached hydrogen (secondary N) is 2. The summed E-state index contributed by atoms with van der Waals surface area (Å²) in [5.41, 5.74) is 3.74. The fourth-order valence-corrected chi connectivity index (χ4v) is 4.29. The molecule has 35 heavy (non-hydrogen) atoms. The normalized spacial score (nSPS) is 13.3. The number of amides is 2. The van der Waals surface area contributed by atoms with Crippen molar-refractivity contribution in [2.45, 2.75) is 37.8 Å². The second-order valence-corrected chi connectivity index (χ2v) is 9.13. The fraction of sp³-hybridized carbons (Fsp3) is 0.250. The van der Waals surface area contributed by atoms with Crippen LogP contribution in [0.2, 0.25) is 0 Å². The van der Waals surface area contributed by atoms with E-state index in [-0.39, 0.29) is 18.9 Å². The lowest BCUT2D eigenvalue weighted by Crippen LogP contribution is -2.57. The molecule has 3 aromatic rings. The maximum absolute atomic E-state index is 12.9. The summed E-state index contributed by atoms with van der Waals surface area (Å²) in [7, 11) is 0. The molecular formula is C28H28N2O5. The van der Waals surface area contributed by atoms with Gasteiger partial charge in [-0.05, 0) is 41.7 Å². The SMILES string of the molecule is CC(C)(NC(=O)[C@@H](Cc1ccccc1)NC(=O)OCC1c2ccccc2-c2ccccc21)C(=O)O. The van der Waals surface area contributed by atoms with E-state index in [4.69, 9.17) is 4.74 Å². The van der Waals surface area contributed by atoms with E-state index in [1.54, 1.807) is 0 Å². The molecule has 1 atom stereocenters. The van der Waals surface area contributed by atoms with Crippen molar-refractivity contribution < 1.29 is 24.2 Å². The first kappa shape index (κ1) is 24.0. The zero-order chi connectivity index (χ0) is 25.0. The molecule has 0 aromatic heterocycles. The first-order valence-corrected chi connectivity index (χ1v) is 11.5. The van der Waals surface area contributed by atoms with Gasteiger partial charge in [0.05, 0.1) is 0 Å². The van der Waals surface area contributed by atoms with Gasteiger partial charge < -0.3 is 20.5 Å². The van der Waals surface area contributed by atoms with Gasteiger partial charge in [-0.2, -0.15) is 0 Å². The Kier molecular flexibility index (Phi) is 6.87. The van der Waals surface area contributed by atoms with E-state index >= 15 is 0 Å². The molecule has 0 unspecified atom stereocenters. The van der Waals surface area contributed by atoms with Crippen molar-refractivity contribution in [1.82, 2.24) is 10.6 Å². The zero-order valence-electron chi connectivity index (χ0n) is 19.7. The van der Waals surface area contributed by atoms with Crippen molar-refractivity contribution in [2.24, 2.45) is 0 Å². The molecule has 1 aliphatic rings. The number of carbonyl (C=O) groups excluding carboxylic acids is 2. The average molecular weight is 473 g/mol. The Morgan fingerprint density at radius 1 is 0.886 bits per heavy atom. The summed E-state index contributed by atoms with van der Waals surface area (Å²) in [6, 6.07) is 24.2. The first-order chi connectivity index (χ1) is 16.8. The van der Waals surface area contributed by atoms with Gasteiger partial charge in [0.25, 0.3) is 0 Å². The van der Waals surface area contributed by atoms with Gasteiger partial charge in [-0.3, -0.25) is 4.79 Å². The number of carbonyl (C=O) groups is 3. The van der Waals surface area contributed by atoms with Crippen LogP contribution >= 0.6 is 0 Å². The van der Waals surface area contributed by atoms with Crippen LogP contribution in [-0.4, -0.2) is 41.3 Å². The highest BCUT2D eigenvalue weighted by atomic mass is 16.5. The molecule has 0 heterocycles. The summed E-state index contributed by atoms with van der Waals surface area (Å²) < 4.78 is 5.59. The molecule has 0 aliphatic heterocycles. The number of benzene rings is 3. The second-order valence-electron chi connectivity index (χ2n) is 9.13. The topological polar surface area (TPSA) is 105 Å². The molecular weight excluding hydrogens is 444 g/mol. The highest BCUT2D eigenvalue weighted by Gasteiger charge is 2.33. The Hall–Kier alpha value is -4.13. The molecule has 0 bridgehead atoms. The van der Waals surface area contributed by atoms with E-state index in [0.29, 0.717) is 0 Å². The monoisotopic (exact) mass is 472 g/mol. The molecule has 3 aromatic carbocycles. The predicted molar refractivity (Wildman–Crippen MR) is 132 cm³/mol. The number of ether oxygens (including phenoxy) is 1. The maximum atomic E-state index is 12.9. The van der Waals surface area contributed by atoms with Gasteiger partial charge >= 0.3 is 12.1 Å². The van der Waals surface area contributed by atoms with Crippen LogP contribution in [0.5, 0.6) is 0 Å². The van der Waals surface area contributed by atoms with Crippen LogP contribution < -0.4 is 10.6 Å². The van der Waals surface area contributed by atoms with E-state index in [9.17, 15) is 19.5 Å². The van der Waals surface area contributed by atoms with Crippen LogP contribution in [0.15, 0.2) is 78.9 Å². The van der Waals surface area contributed by atoms with Gasteiger partial charge in [-0.1, -0.05) is 78.9 Å². The molecule has 7 nitrogen and oxygen atoms in total. The van der Waals surface area contributed by atoms with Crippen molar-refractivity contribution in [3.05, 3.63) is 95.6 Å². The van der Waals surface area contributed by atoms with Crippen molar-refractivity contribution in [3.8, 4) is 11.1 Å². The van der Waals surface area contributed by atoms with Gasteiger partial charge in [0.2, 0.25) is 5.91 Å². The molecule has 4 rings (SSSR count). The van der Waals surface area contributed by atoms with E-state index < -0.39 is 29.6 Å². The smallest absolute Gasteiger partial charge is 0.407 e. The third-order valence-electron chi connectivity index (χ3n) is 6.21. The number of carboxylic acids is 1. The van der Waals surface area contributed by atoms with Crippen molar-refractivity contribution >= 4 is 18.0 Å². The van der Waals surface area contributed by atoms with Crippen LogP contribution in [-0.2, 0) is 20.7 Å². The third kappa shape index (κ3) is 5.35. The molecule has 0 saturated heterocycles. The third-order valence-corrected chi connectivity index (χ3v) is 6.21. The van der Waals surface area contributed by atoms with Crippen LogP contribution in [0.4, 0.5) is 4.79 Å².